The van der Waals surface area contributed by atoms with Crippen LogP contribution in [0.2, 0.25) is 0 Å². The van der Waals surface area contributed by atoms with Crippen LogP contribution >= 0.6 is 31.2 Å². The Morgan fingerprint density at radius 2 is 1.65 bits per heavy atom. The van der Waals surface area contributed by atoms with Gasteiger partial charge < -0.3 is 34.8 Å². The molecule has 0 radical (unpaired) electrons. The molecule has 3 heterocycles. The molecule has 22 heteroatoms. The molecule has 4 bridgehead atoms. The van der Waals surface area contributed by atoms with Gasteiger partial charge in [-0.25, -0.2) is 15.0 Å². The van der Waals surface area contributed by atoms with Crippen LogP contribution in [0.1, 0.15) is 115 Å². The Kier molecular flexibility index (Phi) is 17.0. The number of benzene rings is 2. The quantitative estimate of drug-likeness (QED) is 0.0349. The number of hydrogen-bond acceptors (Lipinski definition) is 15. The van der Waals surface area contributed by atoms with E-state index in [0.29, 0.717) is 99.8 Å². The summed E-state index contributed by atoms with van der Waals surface area (Å²) in [6.07, 6.45) is 7.49. The number of hydrogen-bond donors (Lipinski definition) is 7. The highest BCUT2D eigenvalue weighted by Crippen LogP contribution is 2.65. The molecule has 7 fully saturated rings. The van der Waals surface area contributed by atoms with Gasteiger partial charge in [0, 0.05) is 92.0 Å². The highest BCUT2D eigenvalue weighted by Gasteiger charge is 2.70. The van der Waals surface area contributed by atoms with Crippen molar-refractivity contribution in [2.45, 2.75) is 151 Å². The number of para-hydroxylation sites is 1. The molecule has 2 aromatic carbocycles. The summed E-state index contributed by atoms with van der Waals surface area (Å²) in [5.41, 5.74) is 1.60. The van der Waals surface area contributed by atoms with Gasteiger partial charge >= 0.3 is 19.7 Å². The second-order valence-electron chi connectivity index (χ2n) is 20.5. The second kappa shape index (κ2) is 23.0. The van der Waals surface area contributed by atoms with Crippen molar-refractivity contribution in [2.24, 2.45) is 22.7 Å². The minimum Gasteiger partial charge on any atom is -0.507 e. The number of carboxylic acid groups (broad SMARTS) is 1. The Morgan fingerprint density at radius 3 is 2.38 bits per heavy atom. The zero-order chi connectivity index (χ0) is 50.5. The molecule has 2 saturated heterocycles. The monoisotopic (exact) mass is 1060 g/mol. The van der Waals surface area contributed by atoms with Gasteiger partial charge in [0.15, 0.2) is 0 Å². The van der Waals surface area contributed by atoms with Crippen LogP contribution in [0.3, 0.4) is 0 Å². The number of phenolic OH excluding ortho intramolecular Hbond substituents is 1. The van der Waals surface area contributed by atoms with E-state index in [-0.39, 0.29) is 60.3 Å². The lowest BCUT2D eigenvalue weighted by Crippen LogP contribution is -2.69. The Balaban J connectivity index is 0.707. The Morgan fingerprint density at radius 1 is 0.917 bits per heavy atom. The van der Waals surface area contributed by atoms with Crippen LogP contribution in [0.25, 0.3) is 0 Å². The maximum Gasteiger partial charge on any atom is 0.411 e. The fourth-order valence-corrected chi connectivity index (χ4v) is 16.4. The second-order valence-corrected chi connectivity index (χ2v) is 24.7. The Labute approximate surface area is 429 Å². The fraction of sp³-hybridized carbons (Fsp3) is 0.660. The number of carbonyl (C=O) groups excluding carboxylic acids is 3. The first-order chi connectivity index (χ1) is 34.7. The lowest BCUT2D eigenvalue weighted by Gasteiger charge is -2.62. The summed E-state index contributed by atoms with van der Waals surface area (Å²) in [6.45, 7) is 6.08. The first kappa shape index (κ1) is 53.1. The van der Waals surface area contributed by atoms with Gasteiger partial charge in [-0.3, -0.25) is 34.2 Å². The predicted octanol–water partition coefficient (Wildman–Crippen LogP) is 7.25. The van der Waals surface area contributed by atoms with E-state index in [2.05, 4.69) is 26.1 Å². The zero-order valence-electron chi connectivity index (χ0n) is 41.1. The lowest BCUT2D eigenvalue weighted by atomic mass is 9.50. The van der Waals surface area contributed by atoms with E-state index >= 15 is 0 Å². The molecule has 2 spiro atoms. The predicted molar refractivity (Wildman–Crippen MR) is 273 cm³/mol. The molecule has 7 N–H and O–H groups in total. The molecule has 394 valence electrons. The van der Waals surface area contributed by atoms with Crippen molar-refractivity contribution in [1.29, 1.82) is 0 Å². The van der Waals surface area contributed by atoms with Crippen molar-refractivity contribution in [3.05, 3.63) is 59.7 Å². The van der Waals surface area contributed by atoms with E-state index in [1.54, 1.807) is 47.8 Å². The van der Waals surface area contributed by atoms with E-state index < -0.39 is 49.0 Å². The van der Waals surface area contributed by atoms with Crippen molar-refractivity contribution in [3.63, 3.8) is 0 Å². The SMILES string of the molecule is CCCNP(=O)(NCCC)OCc1ccc(NC(=O)OC2CCC[C@]3(C2)OOC2(O3)C3CC4CC2CC(NC(=O)CCC(=O)NCCCN2C([C@H]5CSC(c6ccccc6O)=N5)SC[C@H]2C(=O)O)(C4)C3)cc1. The number of phenols is 1. The van der Waals surface area contributed by atoms with Gasteiger partial charge in [0.05, 0.1) is 18.0 Å². The third-order valence-corrected chi connectivity index (χ3v) is 19.4. The van der Waals surface area contributed by atoms with Crippen molar-refractivity contribution in [2.75, 3.05) is 43.0 Å². The average molecular weight is 1060 g/mol. The molecule has 5 saturated carbocycles. The summed E-state index contributed by atoms with van der Waals surface area (Å²) >= 11 is 3.14. The molecular formula is C50H70N7O12PS2. The van der Waals surface area contributed by atoms with Gasteiger partial charge in [0.1, 0.15) is 22.9 Å². The number of nitrogens with zero attached hydrogens (tertiary/aromatic N) is 2. The third-order valence-electron chi connectivity index (χ3n) is 15.1. The van der Waals surface area contributed by atoms with Crippen LogP contribution in [0, 0.1) is 17.8 Å². The van der Waals surface area contributed by atoms with E-state index in [1.807, 2.05) is 43.0 Å². The maximum absolute atomic E-state index is 13.5. The van der Waals surface area contributed by atoms with Crippen LogP contribution < -0.4 is 26.1 Å². The molecule has 19 nitrogen and oxygen atoms in total. The van der Waals surface area contributed by atoms with Crippen molar-refractivity contribution >= 4 is 65.8 Å². The molecule has 10 rings (SSSR count). The van der Waals surface area contributed by atoms with E-state index in [1.165, 1.54) is 0 Å². The minimum atomic E-state index is -3.20. The van der Waals surface area contributed by atoms with Crippen LogP contribution in [0.5, 0.6) is 5.75 Å². The van der Waals surface area contributed by atoms with Crippen LogP contribution in [0.15, 0.2) is 53.5 Å². The fourth-order valence-electron chi connectivity index (χ4n) is 12.0. The lowest BCUT2D eigenvalue weighted by molar-refractivity contribution is -0.392. The van der Waals surface area contributed by atoms with Crippen LogP contribution in [-0.2, 0) is 49.3 Å². The normalized spacial score (nSPS) is 31.8. The number of carbonyl (C=O) groups is 4. The number of amides is 3. The van der Waals surface area contributed by atoms with E-state index in [4.69, 9.17) is 28.8 Å². The Bertz CT molecular complexity index is 2340. The number of aromatic hydroxyl groups is 1. The first-order valence-corrected chi connectivity index (χ1v) is 29.4. The number of nitrogens with one attached hydrogen (secondary N) is 5. The Hall–Kier alpha value is -3.76. The minimum absolute atomic E-state index is 0.00954. The summed E-state index contributed by atoms with van der Waals surface area (Å²) < 4.78 is 31.8. The molecule has 72 heavy (non-hydrogen) atoms. The molecule has 3 amide bonds. The van der Waals surface area contributed by atoms with Crippen molar-refractivity contribution < 1.29 is 57.7 Å². The highest BCUT2D eigenvalue weighted by molar-refractivity contribution is 8.14. The number of aliphatic imine (C=N–C) groups is 1. The van der Waals surface area contributed by atoms with Gasteiger partial charge in [-0.2, -0.15) is 9.78 Å². The van der Waals surface area contributed by atoms with Crippen LogP contribution in [-0.4, -0.2) is 122 Å². The molecule has 7 atom stereocenters. The largest absolute Gasteiger partial charge is 0.507 e. The molecular weight excluding hydrogens is 986 g/mol. The number of rotatable bonds is 22. The number of thioether (sulfide) groups is 2. The van der Waals surface area contributed by atoms with Gasteiger partial charge in [0.25, 0.3) is 0 Å². The molecule has 2 aromatic rings. The number of carboxylic acids is 1. The summed E-state index contributed by atoms with van der Waals surface area (Å²) in [7, 11) is -3.20. The van der Waals surface area contributed by atoms with E-state index in [0.717, 1.165) is 42.7 Å². The summed E-state index contributed by atoms with van der Waals surface area (Å²) in [4.78, 5) is 71.2. The number of anilines is 1. The smallest absolute Gasteiger partial charge is 0.411 e. The third kappa shape index (κ3) is 12.2. The molecule has 3 aliphatic heterocycles. The maximum atomic E-state index is 13.5. The molecule has 8 aliphatic rings. The molecule has 5 aliphatic carbocycles. The van der Waals surface area contributed by atoms with Crippen LogP contribution in [0.4, 0.5) is 10.5 Å². The summed E-state index contributed by atoms with van der Waals surface area (Å²) in [5.74, 6) is -1.62. The summed E-state index contributed by atoms with van der Waals surface area (Å²) in [6, 6.07) is 13.4. The van der Waals surface area contributed by atoms with Gasteiger partial charge in [0.2, 0.25) is 23.4 Å². The zero-order valence-corrected chi connectivity index (χ0v) is 43.7. The molecule has 4 unspecified atom stereocenters. The number of ether oxygens (including phenoxy) is 2. The standard InChI is InChI=1S/C50H70N7O12PS2/c1-3-19-52-70(64,53-20-4-2)65-29-32-12-14-36(15-13-32)54-47(63)66-37-9-7-18-49(28-37)67-50(69-68-49)34-23-33-24-35(50)27-48(25-33,26-34)56-43(60)17-16-42(59)51-21-8-22-57-40(46(61)62)31-72-45(57)39-30-71-44(55-39)38-10-5-6-11-41(38)58/h5-6,10-15,33-35,37,39-40,45,58H,3-4,7-9,16-31H2,1-2H3,(H,51,59)(H,54,63)(H,56,60)(H,61,62)(H2,52,53,64)/t33?,34?,35?,37?,39-,40+,45?,48?,49-,50?/m1/s1. The average Bonchev–Trinajstić information content (AvgIpc) is 4.11. The summed E-state index contributed by atoms with van der Waals surface area (Å²) in [5, 5.41) is 36.1. The molecule has 0 aromatic heterocycles. The van der Waals surface area contributed by atoms with Gasteiger partial charge in [-0.05, 0) is 100.0 Å². The van der Waals surface area contributed by atoms with Gasteiger partial charge in [-0.1, -0.05) is 38.1 Å². The van der Waals surface area contributed by atoms with Gasteiger partial charge in [-0.15, -0.1) is 23.5 Å². The van der Waals surface area contributed by atoms with Crippen molar-refractivity contribution in [1.82, 2.24) is 25.7 Å². The topological polar surface area (TPSA) is 248 Å². The first-order valence-electron chi connectivity index (χ1n) is 25.8. The number of aliphatic carboxylic acids is 1. The van der Waals surface area contributed by atoms with E-state index in [9.17, 15) is 34.0 Å². The highest BCUT2D eigenvalue weighted by atomic mass is 32.2. The van der Waals surface area contributed by atoms with Crippen molar-refractivity contribution in [3.8, 4) is 5.75 Å².